The van der Waals surface area contributed by atoms with Crippen LogP contribution in [0, 0.1) is 6.43 Å². The van der Waals surface area contributed by atoms with Crippen molar-refractivity contribution in [3.63, 3.8) is 0 Å². The van der Waals surface area contributed by atoms with Crippen LogP contribution in [0.25, 0.3) is 0 Å². The maximum Gasteiger partial charge on any atom is 3.00 e. The fourth-order valence-corrected chi connectivity index (χ4v) is 0.494. The second kappa shape index (κ2) is 13.2. The molecule has 0 aromatic carbocycles. The monoisotopic (exact) mass is 423 g/mol. The van der Waals surface area contributed by atoms with Crippen LogP contribution in [-0.2, 0) is 0 Å². The van der Waals surface area contributed by atoms with Gasteiger partial charge in [-0.1, -0.05) is 0 Å². The second-order valence-corrected chi connectivity index (χ2v) is 3.11. The molecule has 0 bridgehead atoms. The Morgan fingerprint density at radius 1 is 0.708 bits per heavy atom. The van der Waals surface area contributed by atoms with Crippen LogP contribution in [0.4, 0.5) is 48.3 Å². The molecule has 0 unspecified atom stereocenters. The summed E-state index contributed by atoms with van der Waals surface area (Å²) in [6.07, 6.45) is -11.6. The van der Waals surface area contributed by atoms with E-state index < -0.39 is 30.4 Å². The molecule has 24 heavy (non-hydrogen) atoms. The van der Waals surface area contributed by atoms with Crippen molar-refractivity contribution in [2.24, 2.45) is 0 Å². The Bertz CT molecular complexity index is 298. The van der Waals surface area contributed by atoms with Crippen molar-refractivity contribution in [3.8, 4) is 0 Å². The summed E-state index contributed by atoms with van der Waals surface area (Å²) in [6.45, 7) is 3.86. The summed E-state index contributed by atoms with van der Waals surface area (Å²) < 4.78 is 128. The largest absolute Gasteiger partial charge is 3.00 e. The van der Waals surface area contributed by atoms with E-state index in [1.807, 2.05) is 0 Å². The normalized spacial score (nSPS) is 12.0. The minimum atomic E-state index is -7.28. The molecule has 0 amide bonds. The molecule has 146 valence electrons. The average molecular weight is 424 g/mol. The molecule has 0 aromatic rings. The van der Waals surface area contributed by atoms with Crippen LogP contribution >= 0.6 is 0 Å². The molecule has 0 spiro atoms. The van der Waals surface area contributed by atoms with Crippen molar-refractivity contribution in [2.75, 3.05) is 13.2 Å². The SMILES string of the molecule is CCO.CCO.F[C-](F)C(F)(F)C(F)(F)C(F)(F)C(F)(F)F.[Al+3].[Cl-]. The predicted molar refractivity (Wildman–Crippen MR) is 57.6 cm³/mol. The summed E-state index contributed by atoms with van der Waals surface area (Å²) >= 11 is 0. The number of rotatable bonds is 3. The van der Waals surface area contributed by atoms with Gasteiger partial charge in [0.1, 0.15) is 0 Å². The van der Waals surface area contributed by atoms with E-state index in [0.29, 0.717) is 0 Å². The number of aliphatic hydroxyl groups is 2. The Hall–Kier alpha value is -0.0275. The van der Waals surface area contributed by atoms with Crippen LogP contribution < -0.4 is 12.4 Å². The first-order chi connectivity index (χ1) is 9.52. The summed E-state index contributed by atoms with van der Waals surface area (Å²) in [5.74, 6) is -21.4. The van der Waals surface area contributed by atoms with E-state index in [0.717, 1.165) is 0 Å². The van der Waals surface area contributed by atoms with Crippen molar-refractivity contribution in [3.05, 3.63) is 6.43 Å². The quantitative estimate of drug-likeness (QED) is 0.394. The van der Waals surface area contributed by atoms with Crippen molar-refractivity contribution in [2.45, 2.75) is 37.8 Å². The number of hydrogen-bond acceptors (Lipinski definition) is 2. The molecule has 0 aliphatic heterocycles. The summed E-state index contributed by atoms with van der Waals surface area (Å²) in [5, 5.41) is 15.1. The predicted octanol–water partition coefficient (Wildman–Crippen LogP) is 0.503. The Morgan fingerprint density at radius 3 is 1.04 bits per heavy atom. The molecule has 0 aromatic heterocycles. The summed E-state index contributed by atoms with van der Waals surface area (Å²) in [6, 6.07) is 0. The molecule has 0 saturated carbocycles. The standard InChI is InChI=1S/C5F11.2C2H6O.Al.ClH/c6-1(7)2(8,9)3(10,11)4(12,13)5(14,15)16;2*1-2-3;;/h;2*3H,2H2,1H3;;1H/q-1;;;+3;/p-1. The van der Waals surface area contributed by atoms with Crippen molar-refractivity contribution in [1.29, 1.82) is 0 Å². The third kappa shape index (κ3) is 8.89. The van der Waals surface area contributed by atoms with E-state index >= 15 is 0 Å². The van der Waals surface area contributed by atoms with Gasteiger partial charge in [-0.2, -0.15) is 30.7 Å². The van der Waals surface area contributed by atoms with E-state index in [-0.39, 0.29) is 43.0 Å². The fourth-order valence-electron chi connectivity index (χ4n) is 0.494. The Balaban J connectivity index is -0.000000131. The molecule has 0 aliphatic carbocycles. The molecule has 0 heterocycles. The zero-order chi connectivity index (χ0) is 19.0. The molecule has 0 rings (SSSR count). The van der Waals surface area contributed by atoms with Crippen LogP contribution in [0.5, 0.6) is 0 Å². The number of hydrogen-bond donors (Lipinski definition) is 2. The Kier molecular flexibility index (Phi) is 19.3. The number of halogens is 12. The number of alkyl halides is 9. The molecular weight excluding hydrogens is 412 g/mol. The first-order valence-electron chi connectivity index (χ1n) is 5.13. The molecule has 0 aliphatic rings. The second-order valence-electron chi connectivity index (χ2n) is 3.11. The molecule has 0 radical (unpaired) electrons. The minimum Gasteiger partial charge on any atom is -1.00 e. The Morgan fingerprint density at radius 2 is 0.917 bits per heavy atom. The molecule has 0 fully saturated rings. The molecule has 0 atom stereocenters. The maximum absolute atomic E-state index is 12.0. The summed E-state index contributed by atoms with van der Waals surface area (Å²) in [4.78, 5) is 0. The van der Waals surface area contributed by atoms with Gasteiger partial charge in [-0.3, -0.25) is 0 Å². The minimum absolute atomic E-state index is 0. The average Bonchev–Trinajstić information content (AvgIpc) is 2.28. The van der Waals surface area contributed by atoms with Gasteiger partial charge in [0.2, 0.25) is 0 Å². The van der Waals surface area contributed by atoms with Crippen LogP contribution in [0.15, 0.2) is 0 Å². The summed E-state index contributed by atoms with van der Waals surface area (Å²) in [7, 11) is 0. The van der Waals surface area contributed by atoms with Crippen LogP contribution in [0.2, 0.25) is 0 Å². The van der Waals surface area contributed by atoms with Crippen LogP contribution in [-0.4, -0.2) is 64.7 Å². The van der Waals surface area contributed by atoms with Crippen molar-refractivity contribution < 1.29 is 70.9 Å². The smallest absolute Gasteiger partial charge is 1.00 e. The fraction of sp³-hybridized carbons (Fsp3) is 0.889. The van der Waals surface area contributed by atoms with Gasteiger partial charge in [0.15, 0.2) is 0 Å². The first-order valence-corrected chi connectivity index (χ1v) is 5.13. The topological polar surface area (TPSA) is 40.5 Å². The van der Waals surface area contributed by atoms with Gasteiger partial charge in [-0.15, -0.1) is 0 Å². The molecule has 2 N–H and O–H groups in total. The van der Waals surface area contributed by atoms with Crippen LogP contribution in [0.3, 0.4) is 0 Å². The Labute approximate surface area is 146 Å². The summed E-state index contributed by atoms with van der Waals surface area (Å²) in [5.41, 5.74) is 0. The van der Waals surface area contributed by atoms with Gasteiger partial charge in [0.05, 0.1) is 6.43 Å². The number of aliphatic hydroxyl groups excluding tert-OH is 2. The first kappa shape index (κ1) is 35.1. The molecule has 15 heteroatoms. The zero-order valence-corrected chi connectivity index (χ0v) is 13.8. The van der Waals surface area contributed by atoms with E-state index in [2.05, 4.69) is 0 Å². The maximum atomic E-state index is 12.0. The van der Waals surface area contributed by atoms with Crippen molar-refractivity contribution in [1.82, 2.24) is 0 Å². The zero-order valence-electron chi connectivity index (χ0n) is 11.9. The van der Waals surface area contributed by atoms with E-state index in [1.165, 1.54) is 0 Å². The molecule has 0 saturated heterocycles. The van der Waals surface area contributed by atoms with Gasteiger partial charge < -0.3 is 31.4 Å². The van der Waals surface area contributed by atoms with Crippen molar-refractivity contribution >= 4 is 17.4 Å². The van der Waals surface area contributed by atoms with Gasteiger partial charge in [-0.25, -0.2) is 8.78 Å². The van der Waals surface area contributed by atoms with Crippen LogP contribution in [0.1, 0.15) is 13.8 Å². The molecular formula is C9H12AlClF11O2+. The van der Waals surface area contributed by atoms with Gasteiger partial charge >= 0.3 is 35.4 Å². The van der Waals surface area contributed by atoms with E-state index in [4.69, 9.17) is 10.2 Å². The third-order valence-corrected chi connectivity index (χ3v) is 1.38. The van der Waals surface area contributed by atoms with Gasteiger partial charge in [0.25, 0.3) is 5.92 Å². The molecule has 2 nitrogen and oxygen atoms in total. The van der Waals surface area contributed by atoms with Gasteiger partial charge in [0, 0.05) is 13.2 Å². The van der Waals surface area contributed by atoms with E-state index in [9.17, 15) is 48.3 Å². The third-order valence-electron chi connectivity index (χ3n) is 1.38. The van der Waals surface area contributed by atoms with Gasteiger partial charge in [-0.05, 0) is 13.8 Å². The van der Waals surface area contributed by atoms with E-state index in [1.54, 1.807) is 13.8 Å².